The van der Waals surface area contributed by atoms with E-state index >= 15 is 0 Å². The molecule has 0 N–H and O–H groups in total. The van der Waals surface area contributed by atoms with Gasteiger partial charge in [0.15, 0.2) is 0 Å². The molecule has 2 heteroatoms. The van der Waals surface area contributed by atoms with Gasteiger partial charge in [0, 0.05) is 18.6 Å². The normalized spacial score (nSPS) is 21.0. The van der Waals surface area contributed by atoms with Crippen LogP contribution < -0.4 is 0 Å². The summed E-state index contributed by atoms with van der Waals surface area (Å²) in [5.41, 5.74) is 1.05. The number of carbonyl (C=O) groups excluding carboxylic acids is 1. The highest BCUT2D eigenvalue weighted by molar-refractivity contribution is 5.59. The molecule has 0 bridgehead atoms. The second-order valence-corrected chi connectivity index (χ2v) is 4.05. The molecule has 1 heterocycles. The van der Waals surface area contributed by atoms with Gasteiger partial charge >= 0.3 is 0 Å². The molecule has 1 fully saturated rings. The summed E-state index contributed by atoms with van der Waals surface area (Å²) in [6, 6.07) is 0. The summed E-state index contributed by atoms with van der Waals surface area (Å²) in [5, 5.41) is 0. The molecule has 0 radical (unpaired) electrons. The summed E-state index contributed by atoms with van der Waals surface area (Å²) in [7, 11) is 0. The van der Waals surface area contributed by atoms with Crippen molar-refractivity contribution in [3.63, 3.8) is 0 Å². The largest absolute Gasteiger partial charge is 0.381 e. The Bertz CT molecular complexity index is 190. The average molecular weight is 182 g/mol. The summed E-state index contributed by atoms with van der Waals surface area (Å²) >= 11 is 0. The van der Waals surface area contributed by atoms with Gasteiger partial charge in [0.25, 0.3) is 0 Å². The Hall–Kier alpha value is -0.630. The van der Waals surface area contributed by atoms with E-state index in [0.29, 0.717) is 0 Å². The maximum atomic E-state index is 11.0. The number of allylic oxidation sites excluding steroid dienone is 1. The molecule has 0 aromatic heterocycles. The first-order chi connectivity index (χ1) is 6.18. The predicted octanol–water partition coefficient (Wildman–Crippen LogP) is 2.34. The van der Waals surface area contributed by atoms with Crippen LogP contribution in [0.1, 0.15) is 32.6 Å². The van der Waals surface area contributed by atoms with E-state index in [1.54, 1.807) is 0 Å². The van der Waals surface area contributed by atoms with Crippen molar-refractivity contribution in [1.29, 1.82) is 0 Å². The summed E-state index contributed by atoms with van der Waals surface area (Å²) in [4.78, 5) is 11.0. The van der Waals surface area contributed by atoms with Crippen LogP contribution in [0.3, 0.4) is 0 Å². The second kappa shape index (κ2) is 4.56. The molecule has 0 spiro atoms. The minimum Gasteiger partial charge on any atom is -0.381 e. The van der Waals surface area contributed by atoms with E-state index in [1.165, 1.54) is 0 Å². The molecule has 1 saturated heterocycles. The van der Waals surface area contributed by atoms with Crippen LogP contribution in [0.2, 0.25) is 0 Å². The van der Waals surface area contributed by atoms with Crippen LogP contribution in [0, 0.1) is 5.41 Å². The Balaban J connectivity index is 2.47. The number of ether oxygens (including phenoxy) is 1. The minimum absolute atomic E-state index is 0.114. The third-order valence-electron chi connectivity index (χ3n) is 2.79. The first-order valence-electron chi connectivity index (χ1n) is 4.87. The van der Waals surface area contributed by atoms with Crippen molar-refractivity contribution in [2.75, 3.05) is 13.2 Å². The van der Waals surface area contributed by atoms with Gasteiger partial charge in [-0.15, -0.1) is 6.58 Å². The fourth-order valence-corrected chi connectivity index (χ4v) is 1.67. The molecule has 0 amide bonds. The number of carbonyl (C=O) groups is 1. The van der Waals surface area contributed by atoms with Crippen molar-refractivity contribution in [2.45, 2.75) is 32.6 Å². The van der Waals surface area contributed by atoms with Gasteiger partial charge in [0.05, 0.1) is 0 Å². The molecule has 1 aliphatic heterocycles. The third kappa shape index (κ3) is 2.96. The first kappa shape index (κ1) is 10.5. The van der Waals surface area contributed by atoms with Gasteiger partial charge in [-0.25, -0.2) is 0 Å². The molecule has 0 saturated carbocycles. The van der Waals surface area contributed by atoms with Crippen LogP contribution in [-0.4, -0.2) is 19.5 Å². The van der Waals surface area contributed by atoms with E-state index in [9.17, 15) is 4.79 Å². The predicted molar refractivity (Wildman–Crippen MR) is 52.6 cm³/mol. The molecule has 0 atom stereocenters. The third-order valence-corrected chi connectivity index (χ3v) is 2.79. The lowest BCUT2D eigenvalue weighted by Gasteiger charge is -2.31. The van der Waals surface area contributed by atoms with Crippen molar-refractivity contribution < 1.29 is 9.53 Å². The van der Waals surface area contributed by atoms with Crippen molar-refractivity contribution in [1.82, 2.24) is 0 Å². The highest BCUT2D eigenvalue weighted by Crippen LogP contribution is 2.33. The van der Waals surface area contributed by atoms with E-state index in [1.807, 2.05) is 6.92 Å². The van der Waals surface area contributed by atoms with Crippen molar-refractivity contribution in [3.05, 3.63) is 12.2 Å². The van der Waals surface area contributed by atoms with Gasteiger partial charge in [-0.2, -0.15) is 0 Å². The molecular formula is C11H18O2. The van der Waals surface area contributed by atoms with Gasteiger partial charge in [-0.05, 0) is 32.6 Å². The Kier molecular flexibility index (Phi) is 3.67. The zero-order valence-corrected chi connectivity index (χ0v) is 8.34. The van der Waals surface area contributed by atoms with E-state index in [0.717, 1.165) is 50.8 Å². The standard InChI is InChI=1S/C11H18O2/c1-10(2)3-4-11(9-12)5-7-13-8-6-11/h9H,1,3-8H2,2H3. The minimum atomic E-state index is -0.114. The van der Waals surface area contributed by atoms with E-state index in [-0.39, 0.29) is 5.41 Å². The molecular weight excluding hydrogens is 164 g/mol. The van der Waals surface area contributed by atoms with Crippen LogP contribution in [0.25, 0.3) is 0 Å². The Morgan fingerprint density at radius 1 is 1.54 bits per heavy atom. The lowest BCUT2D eigenvalue weighted by Crippen LogP contribution is -2.31. The van der Waals surface area contributed by atoms with Crippen LogP contribution in [0.15, 0.2) is 12.2 Å². The van der Waals surface area contributed by atoms with Gasteiger partial charge in [0.1, 0.15) is 6.29 Å². The SMILES string of the molecule is C=C(C)CCC1(C=O)CCOCC1. The number of hydrogen-bond acceptors (Lipinski definition) is 2. The lowest BCUT2D eigenvalue weighted by atomic mass is 9.77. The monoisotopic (exact) mass is 182 g/mol. The first-order valence-corrected chi connectivity index (χ1v) is 4.87. The van der Waals surface area contributed by atoms with Crippen molar-refractivity contribution in [2.24, 2.45) is 5.41 Å². The van der Waals surface area contributed by atoms with Crippen molar-refractivity contribution >= 4 is 6.29 Å². The molecule has 1 rings (SSSR count). The molecule has 0 unspecified atom stereocenters. The Morgan fingerprint density at radius 3 is 2.62 bits per heavy atom. The summed E-state index contributed by atoms with van der Waals surface area (Å²) < 4.78 is 5.25. The van der Waals surface area contributed by atoms with Crippen molar-refractivity contribution in [3.8, 4) is 0 Å². The summed E-state index contributed by atoms with van der Waals surface area (Å²) in [6.07, 6.45) is 4.78. The van der Waals surface area contributed by atoms with Gasteiger partial charge in [-0.3, -0.25) is 0 Å². The molecule has 74 valence electrons. The lowest BCUT2D eigenvalue weighted by molar-refractivity contribution is -0.121. The highest BCUT2D eigenvalue weighted by Gasteiger charge is 2.31. The number of hydrogen-bond donors (Lipinski definition) is 0. The Labute approximate surface area is 80.0 Å². The van der Waals surface area contributed by atoms with Crippen LogP contribution in [0.5, 0.6) is 0 Å². The van der Waals surface area contributed by atoms with E-state index in [2.05, 4.69) is 6.58 Å². The molecule has 0 aromatic carbocycles. The summed E-state index contributed by atoms with van der Waals surface area (Å²) in [5.74, 6) is 0. The van der Waals surface area contributed by atoms with Crippen LogP contribution >= 0.6 is 0 Å². The quantitative estimate of drug-likeness (QED) is 0.492. The molecule has 1 aliphatic rings. The molecule has 13 heavy (non-hydrogen) atoms. The van der Waals surface area contributed by atoms with Gasteiger partial charge < -0.3 is 9.53 Å². The highest BCUT2D eigenvalue weighted by atomic mass is 16.5. The average Bonchev–Trinajstić information content (AvgIpc) is 2.16. The second-order valence-electron chi connectivity index (χ2n) is 4.05. The fraction of sp³-hybridized carbons (Fsp3) is 0.727. The van der Waals surface area contributed by atoms with Gasteiger partial charge in [0.2, 0.25) is 0 Å². The van der Waals surface area contributed by atoms with Gasteiger partial charge in [-0.1, -0.05) is 5.57 Å². The van der Waals surface area contributed by atoms with Crippen LogP contribution in [-0.2, 0) is 9.53 Å². The summed E-state index contributed by atoms with van der Waals surface area (Å²) in [6.45, 7) is 7.33. The fourth-order valence-electron chi connectivity index (χ4n) is 1.67. The molecule has 0 aromatic rings. The zero-order valence-electron chi connectivity index (χ0n) is 8.34. The van der Waals surface area contributed by atoms with E-state index < -0.39 is 0 Å². The zero-order chi connectivity index (χ0) is 9.73. The topological polar surface area (TPSA) is 26.3 Å². The Morgan fingerprint density at radius 2 is 2.15 bits per heavy atom. The maximum absolute atomic E-state index is 11.0. The molecule has 2 nitrogen and oxygen atoms in total. The maximum Gasteiger partial charge on any atom is 0.126 e. The number of aldehydes is 1. The molecule has 0 aliphatic carbocycles. The smallest absolute Gasteiger partial charge is 0.126 e. The van der Waals surface area contributed by atoms with Crippen LogP contribution in [0.4, 0.5) is 0 Å². The van der Waals surface area contributed by atoms with E-state index in [4.69, 9.17) is 4.74 Å². The number of rotatable bonds is 4.